The lowest BCUT2D eigenvalue weighted by Gasteiger charge is -2.33. The van der Waals surface area contributed by atoms with E-state index in [0.717, 1.165) is 0 Å². The number of nitrogen functional groups attached to an aromatic ring is 2. The van der Waals surface area contributed by atoms with Crippen LogP contribution in [0.2, 0.25) is 0 Å². The van der Waals surface area contributed by atoms with Gasteiger partial charge in [-0.15, -0.1) is 0 Å². The Bertz CT molecular complexity index is 2560. The van der Waals surface area contributed by atoms with Crippen molar-refractivity contribution < 1.29 is 58.2 Å². The number of aliphatic hydroxyl groups excluding tert-OH is 3. The minimum atomic E-state index is -4.32. The summed E-state index contributed by atoms with van der Waals surface area (Å²) in [7, 11) is -4.32. The van der Waals surface area contributed by atoms with E-state index in [-0.39, 0.29) is 28.8 Å². The molecule has 4 aromatic heterocycles. The lowest BCUT2D eigenvalue weighted by atomic mass is 9.80. The number of anilines is 2. The van der Waals surface area contributed by atoms with Gasteiger partial charge in [-0.3, -0.25) is 9.32 Å². The topological polar surface area (TPSA) is 353 Å². The smallest absolute Gasteiger partial charge is 0.459 e. The molecule has 0 saturated carbocycles. The fraction of sp³-hybridized carbons (Fsp3) is 0.447. The highest BCUT2D eigenvalue weighted by molar-refractivity contribution is 7.52. The van der Waals surface area contributed by atoms with Crippen LogP contribution in [0.3, 0.4) is 0 Å². The van der Waals surface area contributed by atoms with Gasteiger partial charge in [0.1, 0.15) is 83.2 Å². The second-order valence-corrected chi connectivity index (χ2v) is 16.8. The maximum atomic E-state index is 13.8. The first-order valence-corrected chi connectivity index (χ1v) is 20.5. The Morgan fingerprint density at radius 2 is 1.35 bits per heavy atom. The van der Waals surface area contributed by atoms with Crippen molar-refractivity contribution in [3.63, 3.8) is 0 Å². The maximum absolute atomic E-state index is 13.8. The molecule has 1 unspecified atom stereocenters. The normalized spacial score (nSPS) is 29.6. The predicted octanol–water partition coefficient (Wildman–Crippen LogP) is 0.208. The molecule has 6 heterocycles. The third-order valence-electron chi connectivity index (χ3n) is 10.6. The molecule has 2 aliphatic heterocycles. The molecule has 7 rings (SSSR count). The molecule has 23 nitrogen and oxygen atoms in total. The molecule has 2 saturated heterocycles. The number of hydrogen-bond donors (Lipinski definition) is 8. The first-order chi connectivity index (χ1) is 29.2. The van der Waals surface area contributed by atoms with Crippen molar-refractivity contribution in [2.45, 2.75) is 93.6 Å². The first kappa shape index (κ1) is 45.7. The Kier molecular flexibility index (Phi) is 12.6. The number of fused-ring (bicyclic) bond motifs is 2. The van der Waals surface area contributed by atoms with Crippen LogP contribution in [0, 0.1) is 22.7 Å². The molecule has 62 heavy (non-hydrogen) atoms. The summed E-state index contributed by atoms with van der Waals surface area (Å²) in [5.74, 6) is -0.194. The SMILES string of the molecule is CC(C)OC(=O)[C@H](C)NP(=O)(OC[C@H]1O[C@@](C#N)(c2ccc3c(N)ncnn23)[C@](C)(O)[C@@H]1O)Oc1ccccc1.C[C@@]1(O)[C@H](O)[C@@H](CO)O[C@@]1(C#N)c1ccc2c(N)ncnn12. The highest BCUT2D eigenvalue weighted by Gasteiger charge is 2.66. The third-order valence-corrected chi connectivity index (χ3v) is 12.2. The van der Waals surface area contributed by atoms with Gasteiger partial charge < -0.3 is 55.7 Å². The second-order valence-electron chi connectivity index (χ2n) is 15.1. The van der Waals surface area contributed by atoms with E-state index in [0.29, 0.717) is 11.0 Å². The standard InChI is InChI=1S/C25H31N6O8P.C13H15N5O4/c1-15(2)37-23(33)16(3)30-40(35,39-17-8-6-5-7-9-17)36-12-19-21(32)24(4,34)25(13-26,38-19)20-11-10-18-22(27)28-14-29-31(18)20;1-12(21)10(20)8(4-19)22-13(12,5-14)9-3-2-7-11(15)16-6-17-18(7)9/h5-11,14-16,19,21,32,34H,12H2,1-4H3,(H,30,35)(H2,27,28,29);2-3,6,8,10,19-21H,4H2,1H3,(H2,15,16,17)/t16-,19+,21+,24+,25-,40?;8-,10-,12-,13+/m01/s1. The van der Waals surface area contributed by atoms with Crippen LogP contribution < -0.4 is 21.1 Å². The molecule has 10 N–H and O–H groups in total. The molecule has 0 spiro atoms. The molecular formula is C38H46N11O12P. The quantitative estimate of drug-likeness (QED) is 0.0613. The number of esters is 1. The molecule has 24 heteroatoms. The van der Waals surface area contributed by atoms with Gasteiger partial charge in [-0.1, -0.05) is 18.2 Å². The summed E-state index contributed by atoms with van der Waals surface area (Å²) >= 11 is 0. The molecule has 2 aliphatic rings. The van der Waals surface area contributed by atoms with Crippen LogP contribution in [-0.2, 0) is 39.3 Å². The summed E-state index contributed by atoms with van der Waals surface area (Å²) in [6, 6.07) is 17.0. The van der Waals surface area contributed by atoms with Gasteiger partial charge in [-0.25, -0.2) is 23.6 Å². The molecule has 1 aromatic carbocycles. The number of para-hydroxylation sites is 1. The summed E-state index contributed by atoms with van der Waals surface area (Å²) < 4.78 is 44.3. The van der Waals surface area contributed by atoms with Gasteiger partial charge in [-0.2, -0.15) is 25.8 Å². The van der Waals surface area contributed by atoms with Gasteiger partial charge in [0.05, 0.1) is 30.7 Å². The van der Waals surface area contributed by atoms with Gasteiger partial charge in [-0.05, 0) is 71.0 Å². The Morgan fingerprint density at radius 1 is 0.871 bits per heavy atom. The zero-order chi connectivity index (χ0) is 45.4. The van der Waals surface area contributed by atoms with Crippen molar-refractivity contribution >= 4 is 36.4 Å². The van der Waals surface area contributed by atoms with Crippen LogP contribution in [0.5, 0.6) is 5.75 Å². The number of nitrogens with two attached hydrogens (primary N) is 2. The number of carbonyl (C=O) groups is 1. The van der Waals surface area contributed by atoms with Crippen LogP contribution >= 0.6 is 7.75 Å². The largest absolute Gasteiger partial charge is 0.462 e. The first-order valence-electron chi connectivity index (χ1n) is 19.0. The van der Waals surface area contributed by atoms with Crippen LogP contribution in [-0.4, -0.2) is 122 Å². The van der Waals surface area contributed by atoms with Crippen molar-refractivity contribution in [3.05, 3.63) is 78.6 Å². The van der Waals surface area contributed by atoms with E-state index in [9.17, 15) is 45.4 Å². The summed E-state index contributed by atoms with van der Waals surface area (Å²) in [4.78, 5) is 20.2. The van der Waals surface area contributed by atoms with Gasteiger partial charge in [0.25, 0.3) is 0 Å². The number of benzene rings is 1. The highest BCUT2D eigenvalue weighted by Crippen LogP contribution is 2.51. The number of nitrogens with zero attached hydrogens (tertiary/aromatic N) is 8. The zero-order valence-corrected chi connectivity index (χ0v) is 34.9. The number of rotatable bonds is 12. The summed E-state index contributed by atoms with van der Waals surface area (Å²) in [5, 5.41) is 83.2. The minimum absolute atomic E-state index is 0.0811. The molecule has 0 bridgehead atoms. The van der Waals surface area contributed by atoms with E-state index in [1.807, 2.05) is 12.1 Å². The van der Waals surface area contributed by atoms with Crippen molar-refractivity contribution in [2.75, 3.05) is 24.7 Å². The van der Waals surface area contributed by atoms with Crippen LogP contribution in [0.4, 0.5) is 11.6 Å². The number of aliphatic hydroxyl groups is 5. The van der Waals surface area contributed by atoms with Gasteiger partial charge in [0.15, 0.2) is 11.6 Å². The van der Waals surface area contributed by atoms with Crippen molar-refractivity contribution in [2.24, 2.45) is 0 Å². The van der Waals surface area contributed by atoms with E-state index < -0.39 is 85.9 Å². The highest BCUT2D eigenvalue weighted by atomic mass is 31.2. The Balaban J connectivity index is 0.000000245. The van der Waals surface area contributed by atoms with Crippen molar-refractivity contribution in [1.82, 2.24) is 34.3 Å². The maximum Gasteiger partial charge on any atom is 0.459 e. The summed E-state index contributed by atoms with van der Waals surface area (Å²) in [6.45, 7) is 6.12. The average Bonchev–Trinajstić information content (AvgIpc) is 3.96. The molecule has 5 aromatic rings. The Hall–Kier alpha value is -5.82. The van der Waals surface area contributed by atoms with E-state index >= 15 is 0 Å². The number of nitrogens with one attached hydrogen (secondary N) is 1. The van der Waals surface area contributed by atoms with E-state index in [1.165, 1.54) is 66.7 Å². The molecule has 0 amide bonds. The molecule has 10 atom stereocenters. The lowest BCUT2D eigenvalue weighted by Crippen LogP contribution is -2.52. The summed E-state index contributed by atoms with van der Waals surface area (Å²) in [6.07, 6.45) is -3.63. The van der Waals surface area contributed by atoms with Crippen LogP contribution in [0.15, 0.2) is 67.3 Å². The number of hydrogen-bond acceptors (Lipinski definition) is 20. The molecule has 2 fully saturated rings. The third kappa shape index (κ3) is 7.80. The van der Waals surface area contributed by atoms with E-state index in [1.54, 1.807) is 44.2 Å². The number of carbonyl (C=O) groups excluding carboxylic acids is 1. The van der Waals surface area contributed by atoms with Crippen LogP contribution in [0.25, 0.3) is 11.0 Å². The fourth-order valence-electron chi connectivity index (χ4n) is 7.20. The molecular weight excluding hydrogens is 833 g/mol. The minimum Gasteiger partial charge on any atom is -0.462 e. The van der Waals surface area contributed by atoms with Crippen molar-refractivity contribution in [1.29, 1.82) is 10.5 Å². The average molecular weight is 880 g/mol. The van der Waals surface area contributed by atoms with E-state index in [2.05, 4.69) is 25.3 Å². The number of ether oxygens (including phenoxy) is 3. The van der Waals surface area contributed by atoms with Gasteiger partial charge >= 0.3 is 13.7 Å². The lowest BCUT2D eigenvalue weighted by molar-refractivity contribution is -0.149. The predicted molar refractivity (Wildman–Crippen MR) is 214 cm³/mol. The molecule has 330 valence electrons. The number of aromatic nitrogens is 6. The second kappa shape index (κ2) is 17.2. The Labute approximate surface area is 353 Å². The Morgan fingerprint density at radius 3 is 1.81 bits per heavy atom. The summed E-state index contributed by atoms with van der Waals surface area (Å²) in [5.41, 5.74) is 4.54. The number of nitriles is 2. The van der Waals surface area contributed by atoms with Crippen molar-refractivity contribution in [3.8, 4) is 17.9 Å². The van der Waals surface area contributed by atoms with Gasteiger partial charge in [0.2, 0.25) is 11.2 Å². The molecule has 0 aliphatic carbocycles. The fourth-order valence-corrected chi connectivity index (χ4v) is 8.70. The molecule has 0 radical (unpaired) electrons. The van der Waals surface area contributed by atoms with Gasteiger partial charge in [0, 0.05) is 0 Å². The van der Waals surface area contributed by atoms with Crippen LogP contribution in [0.1, 0.15) is 46.0 Å². The van der Waals surface area contributed by atoms with E-state index in [4.69, 9.17) is 34.7 Å². The zero-order valence-electron chi connectivity index (χ0n) is 34.0. The monoisotopic (exact) mass is 879 g/mol.